The maximum absolute atomic E-state index is 11.3. The molecule has 102 valence electrons. The normalized spacial score (nSPS) is 13.5. The van der Waals surface area contributed by atoms with Gasteiger partial charge in [-0.05, 0) is 12.1 Å². The van der Waals surface area contributed by atoms with Gasteiger partial charge in [0.2, 0.25) is 0 Å². The minimum atomic E-state index is -4.69. The highest BCUT2D eigenvalue weighted by molar-refractivity contribution is 8.17. The lowest BCUT2D eigenvalue weighted by atomic mass is 10.4. The SMILES string of the molecule is O=S(=O)(Cl)c1cccc(S(=O)(=O)Cl)c1S(=O)(=O)Cl. The van der Waals surface area contributed by atoms with Gasteiger partial charge in [-0.3, -0.25) is 0 Å². The first kappa shape index (κ1) is 16.0. The number of benzene rings is 1. The van der Waals surface area contributed by atoms with Crippen LogP contribution in [0.4, 0.5) is 0 Å². The molecule has 0 saturated heterocycles. The number of halogens is 3. The predicted molar refractivity (Wildman–Crippen MR) is 65.6 cm³/mol. The monoisotopic (exact) mass is 372 g/mol. The second-order valence-electron chi connectivity index (χ2n) is 2.90. The Kier molecular flexibility index (Phi) is 4.27. The maximum atomic E-state index is 11.3. The van der Waals surface area contributed by atoms with E-state index in [1.165, 1.54) is 0 Å². The van der Waals surface area contributed by atoms with Gasteiger partial charge in [0.05, 0.1) is 0 Å². The van der Waals surface area contributed by atoms with E-state index in [0.29, 0.717) is 0 Å². The van der Waals surface area contributed by atoms with Gasteiger partial charge in [-0.2, -0.15) is 0 Å². The molecule has 0 aromatic heterocycles. The van der Waals surface area contributed by atoms with Crippen LogP contribution in [-0.4, -0.2) is 25.3 Å². The van der Waals surface area contributed by atoms with Crippen molar-refractivity contribution in [3.05, 3.63) is 18.2 Å². The first-order valence-electron chi connectivity index (χ1n) is 3.82. The van der Waals surface area contributed by atoms with E-state index in [1.54, 1.807) is 0 Å². The molecule has 0 amide bonds. The summed E-state index contributed by atoms with van der Waals surface area (Å²) < 4.78 is 67.3. The molecule has 1 aromatic rings. The zero-order valence-corrected chi connectivity index (χ0v) is 12.8. The summed E-state index contributed by atoms with van der Waals surface area (Å²) in [6.45, 7) is 0. The van der Waals surface area contributed by atoms with Crippen molar-refractivity contribution < 1.29 is 25.3 Å². The van der Waals surface area contributed by atoms with Crippen molar-refractivity contribution in [1.82, 2.24) is 0 Å². The zero-order chi connectivity index (χ0) is 14.4. The van der Waals surface area contributed by atoms with E-state index in [0.717, 1.165) is 18.2 Å². The molecule has 0 unspecified atom stereocenters. The maximum Gasteiger partial charge on any atom is 0.264 e. The molecule has 0 saturated carbocycles. The molecular formula is C6H3Cl3O6S3. The van der Waals surface area contributed by atoms with Gasteiger partial charge in [-0.25, -0.2) is 25.3 Å². The third-order valence-corrected chi connectivity index (χ3v) is 6.09. The van der Waals surface area contributed by atoms with E-state index in [2.05, 4.69) is 0 Å². The quantitative estimate of drug-likeness (QED) is 0.743. The Labute approximate surface area is 117 Å². The number of hydrogen-bond donors (Lipinski definition) is 0. The summed E-state index contributed by atoms with van der Waals surface area (Å²) in [5.41, 5.74) is 0. The van der Waals surface area contributed by atoms with Crippen molar-refractivity contribution in [3.8, 4) is 0 Å². The molecule has 1 aromatic carbocycles. The summed E-state index contributed by atoms with van der Waals surface area (Å²) in [5, 5.41) is 0. The predicted octanol–water partition coefficient (Wildman–Crippen LogP) is 1.47. The largest absolute Gasteiger partial charge is 0.264 e. The molecule has 0 heterocycles. The van der Waals surface area contributed by atoms with Gasteiger partial charge in [0.25, 0.3) is 27.2 Å². The molecule has 6 nitrogen and oxygen atoms in total. The Hall–Kier alpha value is -0.0600. The summed E-state index contributed by atoms with van der Waals surface area (Å²) in [6, 6.07) is 2.56. The van der Waals surface area contributed by atoms with Crippen LogP contribution in [0.2, 0.25) is 0 Å². The first-order valence-corrected chi connectivity index (χ1v) is 10.7. The molecule has 0 atom stereocenters. The Morgan fingerprint density at radius 3 is 1.22 bits per heavy atom. The van der Waals surface area contributed by atoms with Gasteiger partial charge in [-0.1, -0.05) is 6.07 Å². The van der Waals surface area contributed by atoms with Crippen molar-refractivity contribution in [2.75, 3.05) is 0 Å². The molecule has 0 aliphatic carbocycles. The standard InChI is InChI=1S/C6H3Cl3O6S3/c7-16(10,11)4-2-1-3-5(17(8,12)13)6(4)18(9,14)15/h1-3H. The zero-order valence-electron chi connectivity index (χ0n) is 8.04. The second kappa shape index (κ2) is 4.80. The van der Waals surface area contributed by atoms with Crippen LogP contribution in [0.15, 0.2) is 32.9 Å². The van der Waals surface area contributed by atoms with Crippen molar-refractivity contribution in [2.24, 2.45) is 0 Å². The molecule has 0 N–H and O–H groups in total. The molecule has 12 heteroatoms. The lowest BCUT2D eigenvalue weighted by Gasteiger charge is -2.07. The lowest BCUT2D eigenvalue weighted by molar-refractivity contribution is 0.588. The minimum Gasteiger partial charge on any atom is -0.207 e. The molecule has 18 heavy (non-hydrogen) atoms. The fraction of sp³-hybridized carbons (Fsp3) is 0. The Morgan fingerprint density at radius 1 is 0.667 bits per heavy atom. The van der Waals surface area contributed by atoms with Gasteiger partial charge >= 0.3 is 0 Å². The van der Waals surface area contributed by atoms with Crippen LogP contribution in [-0.2, 0) is 27.2 Å². The summed E-state index contributed by atoms with van der Waals surface area (Å²) in [4.78, 5) is -3.08. The van der Waals surface area contributed by atoms with Crippen molar-refractivity contribution >= 4 is 59.2 Å². The van der Waals surface area contributed by atoms with Crippen LogP contribution in [0.1, 0.15) is 0 Å². The highest BCUT2D eigenvalue weighted by Crippen LogP contribution is 2.34. The average molecular weight is 374 g/mol. The second-order valence-corrected chi connectivity index (χ2v) is 10.5. The van der Waals surface area contributed by atoms with Gasteiger partial charge in [0, 0.05) is 32.0 Å². The van der Waals surface area contributed by atoms with Gasteiger partial charge < -0.3 is 0 Å². The Balaban J connectivity index is 4.04. The molecular weight excluding hydrogens is 371 g/mol. The van der Waals surface area contributed by atoms with Crippen LogP contribution in [0.5, 0.6) is 0 Å². The van der Waals surface area contributed by atoms with Crippen molar-refractivity contribution in [1.29, 1.82) is 0 Å². The van der Waals surface area contributed by atoms with E-state index in [9.17, 15) is 25.3 Å². The third-order valence-electron chi connectivity index (χ3n) is 1.71. The van der Waals surface area contributed by atoms with Gasteiger partial charge in [-0.15, -0.1) is 0 Å². The van der Waals surface area contributed by atoms with Crippen LogP contribution in [0, 0.1) is 0 Å². The Morgan fingerprint density at radius 2 is 1.00 bits per heavy atom. The van der Waals surface area contributed by atoms with Crippen molar-refractivity contribution in [2.45, 2.75) is 14.7 Å². The summed E-state index contributed by atoms with van der Waals surface area (Å²) in [5.74, 6) is 0. The van der Waals surface area contributed by atoms with E-state index in [1.807, 2.05) is 0 Å². The first-order chi connectivity index (χ1) is 7.85. The van der Waals surface area contributed by atoms with Crippen LogP contribution >= 0.6 is 32.0 Å². The molecule has 1 rings (SSSR count). The van der Waals surface area contributed by atoms with E-state index in [4.69, 9.17) is 32.0 Å². The fourth-order valence-corrected chi connectivity index (χ4v) is 6.08. The van der Waals surface area contributed by atoms with Crippen LogP contribution in [0.3, 0.4) is 0 Å². The fourth-order valence-electron chi connectivity index (χ4n) is 1.12. The number of rotatable bonds is 3. The third kappa shape index (κ3) is 3.49. The van der Waals surface area contributed by atoms with Gasteiger partial charge in [0.15, 0.2) is 0 Å². The smallest absolute Gasteiger partial charge is 0.207 e. The highest BCUT2D eigenvalue weighted by atomic mass is 35.7. The summed E-state index contributed by atoms with van der Waals surface area (Å²) in [6.07, 6.45) is 0. The molecule has 0 radical (unpaired) electrons. The minimum absolute atomic E-state index is 0.795. The molecule has 0 bridgehead atoms. The summed E-state index contributed by atoms with van der Waals surface area (Å²) in [7, 11) is 1.30. The van der Waals surface area contributed by atoms with Crippen LogP contribution < -0.4 is 0 Å². The Bertz CT molecular complexity index is 743. The van der Waals surface area contributed by atoms with E-state index < -0.39 is 41.8 Å². The van der Waals surface area contributed by atoms with E-state index >= 15 is 0 Å². The highest BCUT2D eigenvalue weighted by Gasteiger charge is 2.31. The molecule has 0 spiro atoms. The van der Waals surface area contributed by atoms with E-state index in [-0.39, 0.29) is 0 Å². The summed E-state index contributed by atoms with van der Waals surface area (Å²) >= 11 is 0. The molecule has 0 aliphatic heterocycles. The van der Waals surface area contributed by atoms with Crippen LogP contribution in [0.25, 0.3) is 0 Å². The average Bonchev–Trinajstić information content (AvgIpc) is 2.12. The molecule has 0 aliphatic rings. The number of hydrogen-bond acceptors (Lipinski definition) is 6. The topological polar surface area (TPSA) is 102 Å². The lowest BCUT2D eigenvalue weighted by Crippen LogP contribution is -2.07. The van der Waals surface area contributed by atoms with Crippen molar-refractivity contribution in [3.63, 3.8) is 0 Å². The van der Waals surface area contributed by atoms with Gasteiger partial charge in [0.1, 0.15) is 14.7 Å². The molecule has 0 fully saturated rings.